The number of oxazole rings is 1. The SMILES string of the molecule is Cc1c(-c2nc3ccccc3o2)[c]ccc1Cl. The molecule has 0 saturated heterocycles. The Bertz CT molecular complexity index is 655. The van der Waals surface area contributed by atoms with Crippen LogP contribution in [0.15, 0.2) is 40.8 Å². The normalized spacial score (nSPS) is 10.9. The van der Waals surface area contributed by atoms with Gasteiger partial charge in [-0.1, -0.05) is 29.8 Å². The fourth-order valence-electron chi connectivity index (χ4n) is 1.75. The lowest BCUT2D eigenvalue weighted by Gasteiger charge is -2.01. The highest BCUT2D eigenvalue weighted by molar-refractivity contribution is 6.31. The van der Waals surface area contributed by atoms with Crippen molar-refractivity contribution in [3.05, 3.63) is 53.1 Å². The summed E-state index contributed by atoms with van der Waals surface area (Å²) in [7, 11) is 0. The van der Waals surface area contributed by atoms with Gasteiger partial charge in [-0.2, -0.15) is 0 Å². The Labute approximate surface area is 104 Å². The van der Waals surface area contributed by atoms with Gasteiger partial charge in [-0.25, -0.2) is 4.98 Å². The number of aromatic nitrogens is 1. The molecule has 1 heterocycles. The van der Waals surface area contributed by atoms with Gasteiger partial charge in [0, 0.05) is 10.6 Å². The molecule has 0 atom stereocenters. The van der Waals surface area contributed by atoms with E-state index in [1.807, 2.05) is 37.3 Å². The minimum atomic E-state index is 0.561. The van der Waals surface area contributed by atoms with Gasteiger partial charge in [0.25, 0.3) is 0 Å². The number of para-hydroxylation sites is 2. The van der Waals surface area contributed by atoms with Crippen LogP contribution in [0, 0.1) is 13.0 Å². The van der Waals surface area contributed by atoms with Crippen molar-refractivity contribution < 1.29 is 4.42 Å². The lowest BCUT2D eigenvalue weighted by molar-refractivity contribution is 0.619. The van der Waals surface area contributed by atoms with E-state index >= 15 is 0 Å². The molecule has 1 aromatic heterocycles. The minimum absolute atomic E-state index is 0.561. The maximum absolute atomic E-state index is 6.07. The summed E-state index contributed by atoms with van der Waals surface area (Å²) in [4.78, 5) is 4.43. The zero-order valence-corrected chi connectivity index (χ0v) is 9.95. The van der Waals surface area contributed by atoms with E-state index in [1.54, 1.807) is 6.07 Å². The standard InChI is InChI=1S/C14H9ClNO/c1-9-10(5-4-6-11(9)15)14-16-12-7-2-3-8-13(12)17-14/h2-4,6-8H,1H3. The summed E-state index contributed by atoms with van der Waals surface area (Å²) in [6, 6.07) is 14.4. The molecule has 2 nitrogen and oxygen atoms in total. The molecule has 0 aliphatic rings. The number of fused-ring (bicyclic) bond motifs is 1. The van der Waals surface area contributed by atoms with E-state index in [0.29, 0.717) is 10.9 Å². The van der Waals surface area contributed by atoms with Crippen molar-refractivity contribution in [2.75, 3.05) is 0 Å². The van der Waals surface area contributed by atoms with Crippen LogP contribution in [-0.2, 0) is 0 Å². The van der Waals surface area contributed by atoms with Crippen LogP contribution < -0.4 is 0 Å². The Hall–Kier alpha value is -1.80. The van der Waals surface area contributed by atoms with Crippen LogP contribution in [0.2, 0.25) is 5.02 Å². The summed E-state index contributed by atoms with van der Waals surface area (Å²) in [6.07, 6.45) is 0. The monoisotopic (exact) mass is 242 g/mol. The first-order valence-electron chi connectivity index (χ1n) is 5.28. The molecule has 0 unspecified atom stereocenters. The number of rotatable bonds is 1. The van der Waals surface area contributed by atoms with Crippen LogP contribution in [0.5, 0.6) is 0 Å². The third kappa shape index (κ3) is 1.71. The molecule has 3 heteroatoms. The topological polar surface area (TPSA) is 26.0 Å². The van der Waals surface area contributed by atoms with Gasteiger partial charge in [0.05, 0.1) is 0 Å². The highest BCUT2D eigenvalue weighted by atomic mass is 35.5. The number of nitrogens with zero attached hydrogens (tertiary/aromatic N) is 1. The van der Waals surface area contributed by atoms with Crippen molar-refractivity contribution in [3.63, 3.8) is 0 Å². The largest absolute Gasteiger partial charge is 0.436 e. The molecular weight excluding hydrogens is 234 g/mol. The highest BCUT2D eigenvalue weighted by Gasteiger charge is 2.11. The van der Waals surface area contributed by atoms with Crippen LogP contribution in [0.1, 0.15) is 5.56 Å². The lowest BCUT2D eigenvalue weighted by atomic mass is 10.1. The maximum Gasteiger partial charge on any atom is 0.228 e. The zero-order chi connectivity index (χ0) is 11.8. The van der Waals surface area contributed by atoms with E-state index in [9.17, 15) is 0 Å². The molecule has 0 spiro atoms. The van der Waals surface area contributed by atoms with Gasteiger partial charge in [0.15, 0.2) is 5.58 Å². The van der Waals surface area contributed by atoms with Crippen molar-refractivity contribution in [3.8, 4) is 11.5 Å². The first-order chi connectivity index (χ1) is 8.25. The van der Waals surface area contributed by atoms with Crippen LogP contribution in [0.25, 0.3) is 22.6 Å². The molecule has 83 valence electrons. The van der Waals surface area contributed by atoms with Crippen molar-refractivity contribution >= 4 is 22.7 Å². The second-order valence-corrected chi connectivity index (χ2v) is 4.22. The van der Waals surface area contributed by atoms with Gasteiger partial charge >= 0.3 is 0 Å². The molecule has 0 N–H and O–H groups in total. The van der Waals surface area contributed by atoms with E-state index in [-0.39, 0.29) is 0 Å². The van der Waals surface area contributed by atoms with Gasteiger partial charge in [0.2, 0.25) is 5.89 Å². The summed E-state index contributed by atoms with van der Waals surface area (Å²) >= 11 is 6.07. The fourth-order valence-corrected chi connectivity index (χ4v) is 1.91. The third-order valence-corrected chi connectivity index (χ3v) is 3.11. The Balaban J connectivity index is 2.24. The molecule has 0 bridgehead atoms. The van der Waals surface area contributed by atoms with Gasteiger partial charge in [-0.15, -0.1) is 0 Å². The summed E-state index contributed by atoms with van der Waals surface area (Å²) < 4.78 is 5.69. The quantitative estimate of drug-likeness (QED) is 0.637. The first kappa shape index (κ1) is 10.4. The molecule has 2 aromatic carbocycles. The Morgan fingerprint density at radius 1 is 1.24 bits per heavy atom. The zero-order valence-electron chi connectivity index (χ0n) is 9.20. The summed E-state index contributed by atoms with van der Waals surface area (Å²) in [5.74, 6) is 0.561. The van der Waals surface area contributed by atoms with Crippen molar-refractivity contribution in [1.82, 2.24) is 4.98 Å². The van der Waals surface area contributed by atoms with Crippen molar-refractivity contribution in [2.24, 2.45) is 0 Å². The molecule has 0 fully saturated rings. The highest BCUT2D eigenvalue weighted by Crippen LogP contribution is 2.29. The van der Waals surface area contributed by atoms with Crippen LogP contribution in [0.3, 0.4) is 0 Å². The Morgan fingerprint density at radius 3 is 2.88 bits per heavy atom. The predicted octanol–water partition coefficient (Wildman–Crippen LogP) is 4.26. The van der Waals surface area contributed by atoms with Crippen LogP contribution >= 0.6 is 11.6 Å². The molecule has 0 saturated carbocycles. The second-order valence-electron chi connectivity index (χ2n) is 3.81. The van der Waals surface area contributed by atoms with Gasteiger partial charge in [0.1, 0.15) is 5.52 Å². The van der Waals surface area contributed by atoms with Crippen LogP contribution in [-0.4, -0.2) is 4.98 Å². The van der Waals surface area contributed by atoms with E-state index in [4.69, 9.17) is 16.0 Å². The van der Waals surface area contributed by atoms with E-state index in [2.05, 4.69) is 11.1 Å². The average Bonchev–Trinajstić information content (AvgIpc) is 2.76. The van der Waals surface area contributed by atoms with Gasteiger partial charge in [-0.3, -0.25) is 0 Å². The number of hydrogen-bond donors (Lipinski definition) is 0. The molecule has 0 amide bonds. The predicted molar refractivity (Wildman–Crippen MR) is 68.0 cm³/mol. The lowest BCUT2D eigenvalue weighted by Crippen LogP contribution is -1.84. The van der Waals surface area contributed by atoms with Gasteiger partial charge in [-0.05, 0) is 36.8 Å². The number of benzene rings is 2. The average molecular weight is 243 g/mol. The molecule has 3 rings (SSSR count). The summed E-state index contributed by atoms with van der Waals surface area (Å²) in [5.41, 5.74) is 3.36. The third-order valence-electron chi connectivity index (χ3n) is 2.70. The van der Waals surface area contributed by atoms with Crippen molar-refractivity contribution in [2.45, 2.75) is 6.92 Å². The fraction of sp³-hybridized carbons (Fsp3) is 0.0714. The summed E-state index contributed by atoms with van der Waals surface area (Å²) in [5, 5.41) is 0.695. The molecule has 0 aliphatic heterocycles. The molecule has 1 radical (unpaired) electrons. The maximum atomic E-state index is 6.07. The first-order valence-corrected chi connectivity index (χ1v) is 5.66. The molecule has 3 aromatic rings. The molecular formula is C14H9ClNO. The van der Waals surface area contributed by atoms with E-state index < -0.39 is 0 Å². The second kappa shape index (κ2) is 3.90. The van der Waals surface area contributed by atoms with E-state index in [0.717, 1.165) is 22.2 Å². The van der Waals surface area contributed by atoms with E-state index in [1.165, 1.54) is 0 Å². The van der Waals surface area contributed by atoms with Crippen LogP contribution in [0.4, 0.5) is 0 Å². The number of halogens is 1. The Morgan fingerprint density at radius 2 is 2.06 bits per heavy atom. The molecule has 17 heavy (non-hydrogen) atoms. The molecule has 0 aliphatic carbocycles. The minimum Gasteiger partial charge on any atom is -0.436 e. The smallest absolute Gasteiger partial charge is 0.228 e. The van der Waals surface area contributed by atoms with Crippen molar-refractivity contribution in [1.29, 1.82) is 0 Å². The number of hydrogen-bond acceptors (Lipinski definition) is 2. The Kier molecular flexibility index (Phi) is 2.37. The summed E-state index contributed by atoms with van der Waals surface area (Å²) in [6.45, 7) is 1.93. The van der Waals surface area contributed by atoms with Gasteiger partial charge < -0.3 is 4.42 Å².